The summed E-state index contributed by atoms with van der Waals surface area (Å²) in [4.78, 5) is 15.2. The SMILES string of the molecule is Fc1cccc(F)c1CN(Cc1c(F)cccc1F)c1ccc2c(c1)CCCc1cnc(-c3cccnc3)nc1-2. The molecule has 200 valence electrons. The summed E-state index contributed by atoms with van der Waals surface area (Å²) in [5, 5.41) is 0. The first-order valence-corrected chi connectivity index (χ1v) is 13.0. The summed E-state index contributed by atoms with van der Waals surface area (Å²) in [5.41, 5.74) is 4.81. The van der Waals surface area contributed by atoms with Crippen LogP contribution in [0, 0.1) is 23.3 Å². The first kappa shape index (κ1) is 25.7. The van der Waals surface area contributed by atoms with Crippen LogP contribution in [0.4, 0.5) is 23.2 Å². The molecule has 0 atom stereocenters. The van der Waals surface area contributed by atoms with Gasteiger partial charge in [-0.05, 0) is 78.9 Å². The Morgan fingerprint density at radius 3 is 1.98 bits per heavy atom. The zero-order valence-corrected chi connectivity index (χ0v) is 21.4. The minimum Gasteiger partial charge on any atom is -0.362 e. The van der Waals surface area contributed by atoms with Gasteiger partial charge >= 0.3 is 0 Å². The molecule has 40 heavy (non-hydrogen) atoms. The van der Waals surface area contributed by atoms with Gasteiger partial charge in [0.15, 0.2) is 5.82 Å². The van der Waals surface area contributed by atoms with E-state index >= 15 is 0 Å². The van der Waals surface area contributed by atoms with Gasteiger partial charge in [0.05, 0.1) is 5.69 Å². The highest BCUT2D eigenvalue weighted by atomic mass is 19.1. The van der Waals surface area contributed by atoms with Crippen LogP contribution in [0.5, 0.6) is 0 Å². The number of pyridine rings is 1. The molecule has 1 aliphatic carbocycles. The summed E-state index contributed by atoms with van der Waals surface area (Å²) >= 11 is 0. The van der Waals surface area contributed by atoms with Crippen LogP contribution in [-0.4, -0.2) is 15.0 Å². The van der Waals surface area contributed by atoms with Gasteiger partial charge in [-0.25, -0.2) is 27.5 Å². The quantitative estimate of drug-likeness (QED) is 0.210. The van der Waals surface area contributed by atoms with E-state index < -0.39 is 23.3 Å². The van der Waals surface area contributed by atoms with E-state index in [0.717, 1.165) is 47.2 Å². The van der Waals surface area contributed by atoms with Gasteiger partial charge in [0.2, 0.25) is 0 Å². The van der Waals surface area contributed by atoms with Gasteiger partial charge < -0.3 is 4.90 Å². The van der Waals surface area contributed by atoms with E-state index in [0.29, 0.717) is 11.5 Å². The minimum absolute atomic E-state index is 0.173. The lowest BCUT2D eigenvalue weighted by molar-refractivity contribution is 0.534. The van der Waals surface area contributed by atoms with Gasteiger partial charge in [0, 0.05) is 59.6 Å². The highest BCUT2D eigenvalue weighted by Gasteiger charge is 2.22. The first-order valence-electron chi connectivity index (χ1n) is 13.0. The van der Waals surface area contributed by atoms with Crippen molar-refractivity contribution in [3.63, 3.8) is 0 Å². The maximum atomic E-state index is 14.7. The molecular formula is C32H24F4N4. The molecule has 4 nitrogen and oxygen atoms in total. The van der Waals surface area contributed by atoms with Crippen LogP contribution in [0.15, 0.2) is 85.3 Å². The summed E-state index contributed by atoms with van der Waals surface area (Å²) in [6, 6.07) is 16.6. The van der Waals surface area contributed by atoms with E-state index in [9.17, 15) is 17.6 Å². The second-order valence-corrected chi connectivity index (χ2v) is 9.76. The molecule has 0 bridgehead atoms. The predicted molar refractivity (Wildman–Crippen MR) is 145 cm³/mol. The Kier molecular flexibility index (Phi) is 6.99. The third-order valence-corrected chi connectivity index (χ3v) is 7.21. The fourth-order valence-electron chi connectivity index (χ4n) is 5.13. The number of hydrogen-bond donors (Lipinski definition) is 0. The predicted octanol–water partition coefficient (Wildman–Crippen LogP) is 7.46. The maximum Gasteiger partial charge on any atom is 0.161 e. The van der Waals surface area contributed by atoms with E-state index in [4.69, 9.17) is 4.98 Å². The van der Waals surface area contributed by atoms with Crippen molar-refractivity contribution in [1.29, 1.82) is 0 Å². The number of halogens is 4. The van der Waals surface area contributed by atoms with E-state index in [1.165, 1.54) is 36.4 Å². The normalized spacial score (nSPS) is 12.4. The van der Waals surface area contributed by atoms with Crippen molar-refractivity contribution in [2.75, 3.05) is 4.90 Å². The van der Waals surface area contributed by atoms with Crippen molar-refractivity contribution < 1.29 is 17.6 Å². The molecule has 8 heteroatoms. The van der Waals surface area contributed by atoms with E-state index in [2.05, 4.69) is 9.97 Å². The Labute approximate surface area is 229 Å². The summed E-state index contributed by atoms with van der Waals surface area (Å²) < 4.78 is 58.6. The molecule has 0 unspecified atom stereocenters. The van der Waals surface area contributed by atoms with Crippen LogP contribution in [0.2, 0.25) is 0 Å². The summed E-state index contributed by atoms with van der Waals surface area (Å²) in [6.07, 6.45) is 7.62. The molecule has 0 spiro atoms. The van der Waals surface area contributed by atoms with Crippen molar-refractivity contribution in [3.8, 4) is 22.6 Å². The molecule has 0 amide bonds. The van der Waals surface area contributed by atoms with Gasteiger partial charge in [0.25, 0.3) is 0 Å². The Hall–Kier alpha value is -4.59. The molecule has 0 radical (unpaired) electrons. The largest absolute Gasteiger partial charge is 0.362 e. The number of aromatic nitrogens is 3. The van der Waals surface area contributed by atoms with Crippen molar-refractivity contribution in [3.05, 3.63) is 131 Å². The van der Waals surface area contributed by atoms with Crippen LogP contribution in [0.1, 0.15) is 28.7 Å². The first-order chi connectivity index (χ1) is 19.5. The van der Waals surface area contributed by atoms with E-state index in [1.54, 1.807) is 23.4 Å². The van der Waals surface area contributed by atoms with Gasteiger partial charge in [-0.1, -0.05) is 18.2 Å². The van der Waals surface area contributed by atoms with Crippen molar-refractivity contribution in [1.82, 2.24) is 15.0 Å². The topological polar surface area (TPSA) is 41.9 Å². The number of rotatable bonds is 6. The summed E-state index contributed by atoms with van der Waals surface area (Å²) in [7, 11) is 0. The fraction of sp³-hybridized carbons (Fsp3) is 0.156. The van der Waals surface area contributed by atoms with Crippen LogP contribution in [0.25, 0.3) is 22.6 Å². The molecule has 0 aliphatic heterocycles. The second-order valence-electron chi connectivity index (χ2n) is 9.76. The molecule has 5 aromatic rings. The number of nitrogens with zero attached hydrogens (tertiary/aromatic N) is 4. The Balaban J connectivity index is 1.43. The molecule has 0 saturated carbocycles. The van der Waals surface area contributed by atoms with Crippen molar-refractivity contribution in [2.24, 2.45) is 0 Å². The number of anilines is 1. The Morgan fingerprint density at radius 1 is 0.700 bits per heavy atom. The van der Waals surface area contributed by atoms with Crippen molar-refractivity contribution >= 4 is 5.69 Å². The van der Waals surface area contributed by atoms with E-state index in [1.807, 2.05) is 30.5 Å². The zero-order chi connectivity index (χ0) is 27.6. The van der Waals surface area contributed by atoms with Crippen molar-refractivity contribution in [2.45, 2.75) is 32.4 Å². The number of fused-ring (bicyclic) bond motifs is 3. The van der Waals surface area contributed by atoms with Crippen LogP contribution in [0.3, 0.4) is 0 Å². The molecule has 0 N–H and O–H groups in total. The third kappa shape index (κ3) is 5.04. The summed E-state index contributed by atoms with van der Waals surface area (Å²) in [6.45, 7) is -0.427. The summed E-state index contributed by atoms with van der Waals surface area (Å²) in [5.74, 6) is -2.32. The van der Waals surface area contributed by atoms with Crippen LogP contribution >= 0.6 is 0 Å². The highest BCUT2D eigenvalue weighted by Crippen LogP contribution is 2.35. The average Bonchev–Trinajstić information content (AvgIpc) is 3.15. The van der Waals surface area contributed by atoms with Crippen LogP contribution in [-0.2, 0) is 25.9 Å². The van der Waals surface area contributed by atoms with Gasteiger partial charge in [-0.2, -0.15) is 0 Å². The van der Waals surface area contributed by atoms with Gasteiger partial charge in [0.1, 0.15) is 23.3 Å². The molecule has 2 heterocycles. The van der Waals surface area contributed by atoms with Gasteiger partial charge in [-0.15, -0.1) is 0 Å². The second kappa shape index (κ2) is 10.9. The molecular weight excluding hydrogens is 516 g/mol. The lowest BCUT2D eigenvalue weighted by Crippen LogP contribution is -2.25. The van der Waals surface area contributed by atoms with E-state index in [-0.39, 0.29) is 24.2 Å². The molecule has 0 saturated heterocycles. The molecule has 6 rings (SSSR count). The molecule has 2 aromatic heterocycles. The monoisotopic (exact) mass is 540 g/mol. The average molecular weight is 541 g/mol. The fourth-order valence-corrected chi connectivity index (χ4v) is 5.13. The van der Waals surface area contributed by atoms with Crippen LogP contribution < -0.4 is 4.90 Å². The highest BCUT2D eigenvalue weighted by molar-refractivity contribution is 5.73. The maximum absolute atomic E-state index is 14.7. The number of aryl methyl sites for hydroxylation is 2. The number of hydrogen-bond acceptors (Lipinski definition) is 4. The Morgan fingerprint density at radius 2 is 1.35 bits per heavy atom. The molecule has 0 fully saturated rings. The lowest BCUT2D eigenvalue weighted by atomic mass is 10.00. The Bertz CT molecular complexity index is 1600. The third-order valence-electron chi connectivity index (χ3n) is 7.21. The molecule has 1 aliphatic rings. The number of benzene rings is 3. The molecule has 3 aromatic carbocycles. The van der Waals surface area contributed by atoms with Gasteiger partial charge in [-0.3, -0.25) is 4.98 Å². The standard InChI is InChI=1S/C32H24F4N4/c33-27-8-2-9-28(34)25(27)18-40(19-26-29(35)10-3-11-30(26)36)23-12-13-24-20(15-23)5-1-6-21-17-38-32(39-31(21)24)22-7-4-14-37-16-22/h2-4,7-17H,1,5-6,18-19H2. The smallest absolute Gasteiger partial charge is 0.161 e. The minimum atomic E-state index is -0.720. The zero-order valence-electron chi connectivity index (χ0n) is 21.4. The lowest BCUT2D eigenvalue weighted by Gasteiger charge is -2.27.